The Kier molecular flexibility index (Phi) is 3.64. The van der Waals surface area contributed by atoms with E-state index in [4.69, 9.17) is 6.42 Å². The monoisotopic (exact) mass is 339 g/mol. The molecule has 0 saturated heterocycles. The summed E-state index contributed by atoms with van der Waals surface area (Å²) in [6.45, 7) is 0. The smallest absolute Gasteiger partial charge is 0.278 e. The molecule has 2 rings (SSSR count). The molecule has 0 unspecified atom stereocenters. The number of rotatable bonds is 3. The fraction of sp³-hybridized carbons (Fsp3) is 0.0833. The Labute approximate surface area is 119 Å². The van der Waals surface area contributed by atoms with E-state index in [1.807, 2.05) is 0 Å². The second-order valence-corrected chi connectivity index (χ2v) is 6.22. The SMILES string of the molecule is C#Cc1ccc(NS(=O)(=O)c2ccnn2C)cc1Br. The van der Waals surface area contributed by atoms with Gasteiger partial charge in [-0.05, 0) is 40.2 Å². The number of aryl methyl sites for hydroxylation is 1. The molecule has 1 N–H and O–H groups in total. The summed E-state index contributed by atoms with van der Waals surface area (Å²) in [4.78, 5) is 0. The largest absolute Gasteiger partial charge is 0.279 e. The van der Waals surface area contributed by atoms with E-state index in [2.05, 4.69) is 31.7 Å². The van der Waals surface area contributed by atoms with Crippen LogP contribution in [-0.4, -0.2) is 18.2 Å². The second kappa shape index (κ2) is 5.07. The lowest BCUT2D eigenvalue weighted by Crippen LogP contribution is -2.16. The third-order valence-electron chi connectivity index (χ3n) is 2.43. The first-order valence-electron chi connectivity index (χ1n) is 5.21. The lowest BCUT2D eigenvalue weighted by Gasteiger charge is -2.09. The van der Waals surface area contributed by atoms with E-state index < -0.39 is 10.0 Å². The highest BCUT2D eigenvalue weighted by atomic mass is 79.9. The molecule has 5 nitrogen and oxygen atoms in total. The molecule has 98 valence electrons. The number of nitrogens with one attached hydrogen (secondary N) is 1. The van der Waals surface area contributed by atoms with Crippen molar-refractivity contribution >= 4 is 31.6 Å². The molecular formula is C12H10BrN3O2S. The van der Waals surface area contributed by atoms with Crippen LogP contribution in [0.5, 0.6) is 0 Å². The molecule has 0 saturated carbocycles. The van der Waals surface area contributed by atoms with Crippen molar-refractivity contribution in [2.45, 2.75) is 5.03 Å². The van der Waals surface area contributed by atoms with Crippen molar-refractivity contribution < 1.29 is 8.42 Å². The molecule has 2 aromatic rings. The van der Waals surface area contributed by atoms with Crippen molar-refractivity contribution in [1.82, 2.24) is 9.78 Å². The van der Waals surface area contributed by atoms with Crippen molar-refractivity contribution in [2.75, 3.05) is 4.72 Å². The number of anilines is 1. The van der Waals surface area contributed by atoms with Gasteiger partial charge in [0.25, 0.3) is 10.0 Å². The number of hydrogen-bond acceptors (Lipinski definition) is 3. The van der Waals surface area contributed by atoms with Gasteiger partial charge in [-0.2, -0.15) is 13.5 Å². The predicted molar refractivity (Wildman–Crippen MR) is 76.1 cm³/mol. The molecule has 0 aliphatic carbocycles. The maximum Gasteiger partial charge on any atom is 0.279 e. The van der Waals surface area contributed by atoms with Gasteiger partial charge in [-0.3, -0.25) is 9.40 Å². The van der Waals surface area contributed by atoms with E-state index in [9.17, 15) is 8.42 Å². The average molecular weight is 340 g/mol. The molecule has 0 aliphatic heterocycles. The number of benzene rings is 1. The fourth-order valence-corrected chi connectivity index (χ4v) is 3.20. The summed E-state index contributed by atoms with van der Waals surface area (Å²) >= 11 is 3.28. The quantitative estimate of drug-likeness (QED) is 0.869. The molecule has 0 amide bonds. The van der Waals surface area contributed by atoms with Gasteiger partial charge >= 0.3 is 0 Å². The number of aromatic nitrogens is 2. The van der Waals surface area contributed by atoms with Crippen LogP contribution in [-0.2, 0) is 17.1 Å². The van der Waals surface area contributed by atoms with Gasteiger partial charge in [-0.15, -0.1) is 6.42 Å². The van der Waals surface area contributed by atoms with Crippen molar-refractivity contribution in [1.29, 1.82) is 0 Å². The third-order valence-corrected chi connectivity index (χ3v) is 4.54. The van der Waals surface area contributed by atoms with Gasteiger partial charge in [0, 0.05) is 17.1 Å². The van der Waals surface area contributed by atoms with Crippen LogP contribution in [0.25, 0.3) is 0 Å². The van der Waals surface area contributed by atoms with Crippen LogP contribution < -0.4 is 4.72 Å². The topological polar surface area (TPSA) is 64.0 Å². The first kappa shape index (κ1) is 13.6. The molecule has 0 spiro atoms. The summed E-state index contributed by atoms with van der Waals surface area (Å²) in [5, 5.41) is 3.92. The zero-order valence-corrected chi connectivity index (χ0v) is 12.4. The van der Waals surface area contributed by atoms with Gasteiger partial charge < -0.3 is 0 Å². The lowest BCUT2D eigenvalue weighted by atomic mass is 10.2. The summed E-state index contributed by atoms with van der Waals surface area (Å²) in [7, 11) is -2.10. The van der Waals surface area contributed by atoms with Gasteiger partial charge in [0.1, 0.15) is 0 Å². The Bertz CT molecular complexity index is 760. The molecule has 1 aromatic heterocycles. The number of hydrogen-bond donors (Lipinski definition) is 1. The van der Waals surface area contributed by atoms with Gasteiger partial charge in [-0.1, -0.05) is 5.92 Å². The van der Waals surface area contributed by atoms with Crippen LogP contribution in [0.3, 0.4) is 0 Å². The van der Waals surface area contributed by atoms with Gasteiger partial charge in [0.05, 0.1) is 11.9 Å². The van der Waals surface area contributed by atoms with Crippen LogP contribution in [0.2, 0.25) is 0 Å². The van der Waals surface area contributed by atoms with E-state index in [-0.39, 0.29) is 5.03 Å². The number of nitrogens with zero attached hydrogens (tertiary/aromatic N) is 2. The minimum Gasteiger partial charge on any atom is -0.278 e. The van der Waals surface area contributed by atoms with E-state index >= 15 is 0 Å². The molecule has 19 heavy (non-hydrogen) atoms. The molecule has 0 bridgehead atoms. The zero-order chi connectivity index (χ0) is 14.0. The summed E-state index contributed by atoms with van der Waals surface area (Å²) in [5.41, 5.74) is 1.08. The van der Waals surface area contributed by atoms with Gasteiger partial charge in [0.15, 0.2) is 5.03 Å². The van der Waals surface area contributed by atoms with Crippen LogP contribution in [0.4, 0.5) is 5.69 Å². The van der Waals surface area contributed by atoms with Crippen LogP contribution in [0.1, 0.15) is 5.56 Å². The second-order valence-electron chi connectivity index (χ2n) is 3.74. The van der Waals surface area contributed by atoms with Crippen molar-refractivity contribution in [3.8, 4) is 12.3 Å². The Balaban J connectivity index is 2.34. The summed E-state index contributed by atoms with van der Waals surface area (Å²) < 4.78 is 28.6. The van der Waals surface area contributed by atoms with E-state index in [1.54, 1.807) is 25.2 Å². The number of terminal acetylenes is 1. The fourth-order valence-electron chi connectivity index (χ4n) is 1.53. The maximum atomic E-state index is 12.1. The van der Waals surface area contributed by atoms with Crippen LogP contribution >= 0.6 is 15.9 Å². The minimum atomic E-state index is -3.66. The molecule has 7 heteroatoms. The zero-order valence-electron chi connectivity index (χ0n) is 9.96. The summed E-state index contributed by atoms with van der Waals surface area (Å²) in [5.74, 6) is 2.48. The molecule has 0 aliphatic rings. The Morgan fingerprint density at radius 2 is 2.16 bits per heavy atom. The highest BCUT2D eigenvalue weighted by Gasteiger charge is 2.18. The first-order valence-corrected chi connectivity index (χ1v) is 7.48. The van der Waals surface area contributed by atoms with Crippen molar-refractivity contribution in [3.63, 3.8) is 0 Å². The normalized spacial score (nSPS) is 11.0. The summed E-state index contributed by atoms with van der Waals surface area (Å²) in [6, 6.07) is 6.30. The van der Waals surface area contributed by atoms with Crippen molar-refractivity contribution in [2.24, 2.45) is 7.05 Å². The number of halogens is 1. The Morgan fingerprint density at radius 3 is 2.68 bits per heavy atom. The molecule has 0 radical (unpaired) electrons. The van der Waals surface area contributed by atoms with E-state index in [0.717, 1.165) is 0 Å². The van der Waals surface area contributed by atoms with Gasteiger partial charge in [-0.25, -0.2) is 0 Å². The summed E-state index contributed by atoms with van der Waals surface area (Å²) in [6.07, 6.45) is 6.72. The molecule has 0 atom stereocenters. The average Bonchev–Trinajstić information content (AvgIpc) is 2.76. The van der Waals surface area contributed by atoms with E-state index in [0.29, 0.717) is 15.7 Å². The Hall–Kier alpha value is -1.78. The standard InChI is InChI=1S/C12H10BrN3O2S/c1-3-9-4-5-10(8-11(9)13)15-19(17,18)12-6-7-14-16(12)2/h1,4-8,15H,2H3. The molecular weight excluding hydrogens is 330 g/mol. The molecule has 1 aromatic carbocycles. The maximum absolute atomic E-state index is 12.1. The highest BCUT2D eigenvalue weighted by molar-refractivity contribution is 9.10. The van der Waals surface area contributed by atoms with Crippen LogP contribution in [0.15, 0.2) is 40.0 Å². The van der Waals surface area contributed by atoms with Crippen molar-refractivity contribution in [3.05, 3.63) is 40.5 Å². The molecule has 0 fully saturated rings. The molecule has 1 heterocycles. The first-order chi connectivity index (χ1) is 8.94. The van der Waals surface area contributed by atoms with Gasteiger partial charge in [0.2, 0.25) is 0 Å². The van der Waals surface area contributed by atoms with E-state index in [1.165, 1.54) is 16.9 Å². The third kappa shape index (κ3) is 2.80. The number of sulfonamides is 1. The Morgan fingerprint density at radius 1 is 1.42 bits per heavy atom. The minimum absolute atomic E-state index is 0.0876. The lowest BCUT2D eigenvalue weighted by molar-refractivity contribution is 0.582. The highest BCUT2D eigenvalue weighted by Crippen LogP contribution is 2.22. The predicted octanol–water partition coefficient (Wildman–Crippen LogP) is 1.96. The van der Waals surface area contributed by atoms with Crippen LogP contribution in [0, 0.1) is 12.3 Å².